The predicted molar refractivity (Wildman–Crippen MR) is 62.3 cm³/mol. The van der Waals surface area contributed by atoms with E-state index in [-0.39, 0.29) is 12.1 Å². The van der Waals surface area contributed by atoms with Gasteiger partial charge in [-0.25, -0.2) is 0 Å². The van der Waals surface area contributed by atoms with Crippen molar-refractivity contribution in [2.75, 3.05) is 6.54 Å². The highest BCUT2D eigenvalue weighted by molar-refractivity contribution is 5.81. The van der Waals surface area contributed by atoms with Crippen molar-refractivity contribution in [3.8, 4) is 0 Å². The second kappa shape index (κ2) is 4.81. The molecule has 1 heterocycles. The number of hydrogen-bond donors (Lipinski definition) is 2. The highest BCUT2D eigenvalue weighted by Gasteiger charge is 2.26. The quantitative estimate of drug-likeness (QED) is 0.884. The summed E-state index contributed by atoms with van der Waals surface area (Å²) in [5.74, 6) is 0. The van der Waals surface area contributed by atoms with Crippen LogP contribution in [0, 0.1) is 0 Å². The number of pyridine rings is 1. The molecule has 96 valence electrons. The van der Waals surface area contributed by atoms with Gasteiger partial charge in [0, 0.05) is 23.5 Å². The number of aromatic nitrogens is 1. The van der Waals surface area contributed by atoms with Crippen LogP contribution in [0.5, 0.6) is 0 Å². The number of halogens is 3. The van der Waals surface area contributed by atoms with E-state index in [1.165, 1.54) is 6.07 Å². The molecule has 0 atom stereocenters. The lowest BCUT2D eigenvalue weighted by Crippen LogP contribution is -2.28. The van der Waals surface area contributed by atoms with Crippen molar-refractivity contribution >= 4 is 10.9 Å². The van der Waals surface area contributed by atoms with Crippen molar-refractivity contribution in [2.24, 2.45) is 0 Å². The molecule has 0 aliphatic heterocycles. The first-order valence-corrected chi connectivity index (χ1v) is 5.34. The van der Waals surface area contributed by atoms with Crippen LogP contribution in [0.1, 0.15) is 5.56 Å². The molecule has 0 unspecified atom stereocenters. The maximum atomic E-state index is 12.0. The van der Waals surface area contributed by atoms with Gasteiger partial charge < -0.3 is 10.3 Å². The molecule has 0 spiro atoms. The number of benzene rings is 1. The van der Waals surface area contributed by atoms with Gasteiger partial charge in [0.15, 0.2) is 0 Å². The van der Waals surface area contributed by atoms with E-state index >= 15 is 0 Å². The molecule has 18 heavy (non-hydrogen) atoms. The molecule has 6 heteroatoms. The summed E-state index contributed by atoms with van der Waals surface area (Å²) < 4.78 is 36.1. The molecule has 1 aromatic heterocycles. The first kappa shape index (κ1) is 12.6. The Morgan fingerprint density at radius 1 is 1.22 bits per heavy atom. The molecule has 0 saturated heterocycles. The van der Waals surface area contributed by atoms with E-state index in [2.05, 4.69) is 10.3 Å². The van der Waals surface area contributed by atoms with Crippen LogP contribution in [0.2, 0.25) is 0 Å². The van der Waals surface area contributed by atoms with Crippen molar-refractivity contribution in [3.63, 3.8) is 0 Å². The van der Waals surface area contributed by atoms with Crippen molar-refractivity contribution < 1.29 is 13.2 Å². The normalized spacial score (nSPS) is 11.9. The minimum Gasteiger partial charge on any atom is -0.322 e. The van der Waals surface area contributed by atoms with Crippen LogP contribution in [0.3, 0.4) is 0 Å². The molecule has 0 saturated carbocycles. The zero-order chi connectivity index (χ0) is 13.2. The first-order valence-electron chi connectivity index (χ1n) is 5.34. The van der Waals surface area contributed by atoms with Gasteiger partial charge in [-0.3, -0.25) is 4.79 Å². The number of aromatic amines is 1. The second-order valence-electron chi connectivity index (χ2n) is 3.92. The Morgan fingerprint density at radius 3 is 2.67 bits per heavy atom. The molecule has 0 radical (unpaired) electrons. The number of nitrogens with one attached hydrogen (secondary N) is 2. The molecule has 0 fully saturated rings. The maximum absolute atomic E-state index is 12.0. The average molecular weight is 256 g/mol. The van der Waals surface area contributed by atoms with Crippen molar-refractivity contribution in [3.05, 3.63) is 46.2 Å². The number of rotatable bonds is 3. The fraction of sp³-hybridized carbons (Fsp3) is 0.250. The lowest BCUT2D eigenvalue weighted by molar-refractivity contribution is -0.125. The van der Waals surface area contributed by atoms with Crippen molar-refractivity contribution in [1.82, 2.24) is 10.3 Å². The van der Waals surface area contributed by atoms with Gasteiger partial charge in [-0.05, 0) is 11.6 Å². The van der Waals surface area contributed by atoms with Gasteiger partial charge in [-0.2, -0.15) is 13.2 Å². The van der Waals surface area contributed by atoms with Gasteiger partial charge in [-0.1, -0.05) is 18.2 Å². The summed E-state index contributed by atoms with van der Waals surface area (Å²) in [4.78, 5) is 14.0. The van der Waals surface area contributed by atoms with Crippen molar-refractivity contribution in [2.45, 2.75) is 12.7 Å². The molecule has 0 aliphatic carbocycles. The second-order valence-corrected chi connectivity index (χ2v) is 3.92. The monoisotopic (exact) mass is 256 g/mol. The van der Waals surface area contributed by atoms with Gasteiger partial charge >= 0.3 is 6.18 Å². The Balaban J connectivity index is 2.25. The number of alkyl halides is 3. The van der Waals surface area contributed by atoms with E-state index in [1.807, 2.05) is 0 Å². The Morgan fingerprint density at radius 2 is 1.94 bits per heavy atom. The van der Waals surface area contributed by atoms with E-state index in [0.29, 0.717) is 11.1 Å². The molecule has 2 aromatic rings. The lowest BCUT2D eigenvalue weighted by atomic mass is 10.1. The molecule has 0 amide bonds. The number of hydrogen-bond acceptors (Lipinski definition) is 2. The zero-order valence-corrected chi connectivity index (χ0v) is 9.34. The molecule has 0 aliphatic rings. The number of fused-ring (bicyclic) bond motifs is 1. The molecule has 2 rings (SSSR count). The zero-order valence-electron chi connectivity index (χ0n) is 9.34. The van der Waals surface area contributed by atoms with Crippen LogP contribution in [-0.2, 0) is 6.54 Å². The summed E-state index contributed by atoms with van der Waals surface area (Å²) in [6, 6.07) is 8.31. The molecule has 0 bridgehead atoms. The van der Waals surface area contributed by atoms with Gasteiger partial charge in [-0.15, -0.1) is 0 Å². The van der Waals surface area contributed by atoms with E-state index in [4.69, 9.17) is 0 Å². The van der Waals surface area contributed by atoms with Gasteiger partial charge in [0.2, 0.25) is 5.56 Å². The Kier molecular flexibility index (Phi) is 3.38. The topological polar surface area (TPSA) is 44.9 Å². The fourth-order valence-electron chi connectivity index (χ4n) is 1.76. The smallest absolute Gasteiger partial charge is 0.322 e. The third-order valence-corrected chi connectivity index (χ3v) is 2.48. The van der Waals surface area contributed by atoms with Gasteiger partial charge in [0.05, 0.1) is 6.54 Å². The SMILES string of the molecule is O=c1cc(CNCC(F)(F)F)c2ccccc2[nH]1. The molecular weight excluding hydrogens is 245 g/mol. The minimum atomic E-state index is -4.25. The first-order chi connectivity index (χ1) is 8.46. The van der Waals surface area contributed by atoms with Crippen LogP contribution in [0.25, 0.3) is 10.9 Å². The summed E-state index contributed by atoms with van der Waals surface area (Å²) in [7, 11) is 0. The Hall–Kier alpha value is -1.82. The van der Waals surface area contributed by atoms with Gasteiger partial charge in [0.25, 0.3) is 0 Å². The van der Waals surface area contributed by atoms with Crippen LogP contribution in [0.4, 0.5) is 13.2 Å². The Labute approximate surface area is 101 Å². The highest BCUT2D eigenvalue weighted by atomic mass is 19.4. The van der Waals surface area contributed by atoms with Crippen LogP contribution >= 0.6 is 0 Å². The van der Waals surface area contributed by atoms with Crippen LogP contribution in [0.15, 0.2) is 35.1 Å². The summed E-state index contributed by atoms with van der Waals surface area (Å²) >= 11 is 0. The number of H-pyrrole nitrogens is 1. The maximum Gasteiger partial charge on any atom is 0.401 e. The van der Waals surface area contributed by atoms with E-state index < -0.39 is 12.7 Å². The summed E-state index contributed by atoms with van der Waals surface area (Å²) in [5.41, 5.74) is 0.852. The van der Waals surface area contributed by atoms with Crippen LogP contribution < -0.4 is 10.9 Å². The average Bonchev–Trinajstić information content (AvgIpc) is 2.27. The summed E-state index contributed by atoms with van der Waals surface area (Å²) in [6.45, 7) is -1.07. The standard InChI is InChI=1S/C12H11F3N2O/c13-12(14,15)7-16-6-8-5-11(18)17-10-4-2-1-3-9(8)10/h1-5,16H,6-7H2,(H,17,18). The molecule has 1 aromatic carbocycles. The summed E-state index contributed by atoms with van der Waals surface area (Å²) in [6.07, 6.45) is -4.25. The molecule has 3 nitrogen and oxygen atoms in total. The predicted octanol–water partition coefficient (Wildman–Crippen LogP) is 2.18. The van der Waals surface area contributed by atoms with Crippen LogP contribution in [-0.4, -0.2) is 17.7 Å². The third-order valence-electron chi connectivity index (χ3n) is 2.48. The Bertz CT molecular complexity index is 604. The third kappa shape index (κ3) is 3.10. The summed E-state index contributed by atoms with van der Waals surface area (Å²) in [5, 5.41) is 3.03. The van der Waals surface area contributed by atoms with E-state index in [0.717, 1.165) is 5.39 Å². The molecule has 2 N–H and O–H groups in total. The number of para-hydroxylation sites is 1. The fourth-order valence-corrected chi connectivity index (χ4v) is 1.76. The minimum absolute atomic E-state index is 0.00391. The largest absolute Gasteiger partial charge is 0.401 e. The lowest BCUT2D eigenvalue weighted by Gasteiger charge is -2.09. The van der Waals surface area contributed by atoms with Gasteiger partial charge in [0.1, 0.15) is 0 Å². The van der Waals surface area contributed by atoms with E-state index in [9.17, 15) is 18.0 Å². The highest BCUT2D eigenvalue weighted by Crippen LogP contribution is 2.16. The van der Waals surface area contributed by atoms with Crippen molar-refractivity contribution in [1.29, 1.82) is 0 Å². The molecular formula is C12H11F3N2O. The van der Waals surface area contributed by atoms with E-state index in [1.54, 1.807) is 24.3 Å².